The minimum absolute atomic E-state index is 0.527. The molecule has 0 spiro atoms. The maximum absolute atomic E-state index is 6.20. The van der Waals surface area contributed by atoms with Crippen molar-refractivity contribution in [2.24, 2.45) is 12.0 Å². The number of rotatable bonds is 7. The fraction of sp³-hybridized carbons (Fsp3) is 0.471. The molecule has 0 radical (unpaired) electrons. The molecule has 2 N–H and O–H groups in total. The summed E-state index contributed by atoms with van der Waals surface area (Å²) in [6.07, 6.45) is 2.23. The summed E-state index contributed by atoms with van der Waals surface area (Å²) >= 11 is 6.20. The lowest BCUT2D eigenvalue weighted by Crippen LogP contribution is -2.38. The quantitative estimate of drug-likeness (QED) is 0.458. The number of unbranched alkanes of at least 4 members (excludes halogenated alkanes) is 1. The van der Waals surface area contributed by atoms with E-state index >= 15 is 0 Å². The molecule has 0 fully saturated rings. The molecule has 0 bridgehead atoms. The van der Waals surface area contributed by atoms with Crippen molar-refractivity contribution in [2.45, 2.75) is 39.8 Å². The monoisotopic (exact) mass is 348 g/mol. The number of hydrogen-bond donors (Lipinski definition) is 2. The van der Waals surface area contributed by atoms with Crippen molar-refractivity contribution >= 4 is 17.6 Å². The lowest BCUT2D eigenvalue weighted by atomic mass is 10.2. The van der Waals surface area contributed by atoms with E-state index < -0.39 is 0 Å². The van der Waals surface area contributed by atoms with Crippen LogP contribution in [0.15, 0.2) is 29.3 Å². The summed E-state index contributed by atoms with van der Waals surface area (Å²) < 4.78 is 1.96. The van der Waals surface area contributed by atoms with Gasteiger partial charge in [0.15, 0.2) is 11.8 Å². The highest BCUT2D eigenvalue weighted by molar-refractivity contribution is 6.31. The fourth-order valence-corrected chi connectivity index (χ4v) is 2.31. The molecule has 0 unspecified atom stereocenters. The first kappa shape index (κ1) is 18.3. The van der Waals surface area contributed by atoms with Gasteiger partial charge in [-0.05, 0) is 25.0 Å². The first-order valence-electron chi connectivity index (χ1n) is 8.22. The number of benzene rings is 1. The van der Waals surface area contributed by atoms with Crippen LogP contribution in [-0.4, -0.2) is 27.3 Å². The summed E-state index contributed by atoms with van der Waals surface area (Å²) in [6, 6.07) is 7.76. The Morgan fingerprint density at radius 2 is 2.04 bits per heavy atom. The largest absolute Gasteiger partial charge is 0.356 e. The van der Waals surface area contributed by atoms with Gasteiger partial charge in [-0.25, -0.2) is 4.99 Å². The highest BCUT2D eigenvalue weighted by atomic mass is 35.5. The van der Waals surface area contributed by atoms with Gasteiger partial charge in [0.05, 0.1) is 13.1 Å². The third-order valence-electron chi connectivity index (χ3n) is 3.78. The first-order valence-corrected chi connectivity index (χ1v) is 8.60. The zero-order valence-corrected chi connectivity index (χ0v) is 15.3. The van der Waals surface area contributed by atoms with E-state index in [9.17, 15) is 0 Å². The van der Waals surface area contributed by atoms with E-state index in [4.69, 9.17) is 11.6 Å². The van der Waals surface area contributed by atoms with Crippen LogP contribution < -0.4 is 10.6 Å². The summed E-state index contributed by atoms with van der Waals surface area (Å²) in [4.78, 5) is 4.63. The second-order valence-corrected chi connectivity index (χ2v) is 6.02. The van der Waals surface area contributed by atoms with Crippen molar-refractivity contribution in [2.75, 3.05) is 6.54 Å². The second kappa shape index (κ2) is 9.27. The van der Waals surface area contributed by atoms with E-state index in [1.165, 1.54) is 0 Å². The van der Waals surface area contributed by atoms with E-state index in [1.54, 1.807) is 0 Å². The third-order valence-corrected chi connectivity index (χ3v) is 4.15. The topological polar surface area (TPSA) is 67.1 Å². The Kier molecular flexibility index (Phi) is 7.06. The summed E-state index contributed by atoms with van der Waals surface area (Å²) in [6.45, 7) is 6.07. The van der Waals surface area contributed by atoms with Crippen LogP contribution >= 0.6 is 11.6 Å². The van der Waals surface area contributed by atoms with Crippen LogP contribution in [0, 0.1) is 6.92 Å². The maximum Gasteiger partial charge on any atom is 0.191 e. The van der Waals surface area contributed by atoms with Crippen molar-refractivity contribution in [1.29, 1.82) is 0 Å². The highest BCUT2D eigenvalue weighted by Crippen LogP contribution is 2.15. The van der Waals surface area contributed by atoms with Gasteiger partial charge >= 0.3 is 0 Å². The lowest BCUT2D eigenvalue weighted by molar-refractivity contribution is 0.695. The molecule has 0 atom stereocenters. The standard InChI is InChI=1S/C17H25ClN6/c1-4-5-10-19-17(20-11-14-8-6-7-9-15(14)18)21-12-16-23-22-13(2)24(16)3/h6-9H,4-5,10-12H2,1-3H3,(H2,19,20,21). The van der Waals surface area contributed by atoms with Gasteiger partial charge in [0.1, 0.15) is 5.82 Å². The predicted molar refractivity (Wildman–Crippen MR) is 98.1 cm³/mol. The second-order valence-electron chi connectivity index (χ2n) is 5.61. The summed E-state index contributed by atoms with van der Waals surface area (Å²) in [5.74, 6) is 2.51. The minimum Gasteiger partial charge on any atom is -0.356 e. The zero-order valence-electron chi connectivity index (χ0n) is 14.5. The highest BCUT2D eigenvalue weighted by Gasteiger charge is 2.06. The van der Waals surface area contributed by atoms with Gasteiger partial charge in [0, 0.05) is 18.6 Å². The fourth-order valence-electron chi connectivity index (χ4n) is 2.12. The van der Waals surface area contributed by atoms with Crippen molar-refractivity contribution in [3.63, 3.8) is 0 Å². The Morgan fingerprint density at radius 3 is 2.71 bits per heavy atom. The Balaban J connectivity index is 2.01. The Bertz CT molecular complexity index is 679. The molecule has 0 aliphatic rings. The Morgan fingerprint density at radius 1 is 1.25 bits per heavy atom. The van der Waals surface area contributed by atoms with Gasteiger partial charge in [-0.2, -0.15) is 0 Å². The van der Waals surface area contributed by atoms with Gasteiger partial charge in [-0.15, -0.1) is 10.2 Å². The third kappa shape index (κ3) is 5.23. The minimum atomic E-state index is 0.527. The Hall–Kier alpha value is -2.08. The summed E-state index contributed by atoms with van der Waals surface area (Å²) in [5, 5.41) is 15.6. The van der Waals surface area contributed by atoms with Crippen LogP contribution in [0.2, 0.25) is 5.02 Å². The summed E-state index contributed by atoms with van der Waals surface area (Å²) in [5.41, 5.74) is 1.00. The van der Waals surface area contributed by atoms with Crippen molar-refractivity contribution in [3.05, 3.63) is 46.5 Å². The molecule has 1 heterocycles. The van der Waals surface area contributed by atoms with Crippen molar-refractivity contribution in [1.82, 2.24) is 25.4 Å². The number of aromatic nitrogens is 3. The molecule has 6 nitrogen and oxygen atoms in total. The molecule has 1 aromatic carbocycles. The molecule has 0 aliphatic carbocycles. The van der Waals surface area contributed by atoms with Gasteiger partial charge in [-0.3, -0.25) is 0 Å². The van der Waals surface area contributed by atoms with Gasteiger partial charge in [0.25, 0.3) is 0 Å². The average molecular weight is 349 g/mol. The smallest absolute Gasteiger partial charge is 0.191 e. The van der Waals surface area contributed by atoms with Gasteiger partial charge in [0.2, 0.25) is 0 Å². The van der Waals surface area contributed by atoms with E-state index in [1.807, 2.05) is 42.8 Å². The van der Waals surface area contributed by atoms with Gasteiger partial charge in [-0.1, -0.05) is 43.1 Å². The molecular formula is C17H25ClN6. The van der Waals surface area contributed by atoms with Crippen LogP contribution in [0.1, 0.15) is 37.0 Å². The van der Waals surface area contributed by atoms with E-state index in [0.29, 0.717) is 13.1 Å². The van der Waals surface area contributed by atoms with Crippen LogP contribution in [0.3, 0.4) is 0 Å². The number of nitrogens with zero attached hydrogens (tertiary/aromatic N) is 4. The van der Waals surface area contributed by atoms with Crippen molar-refractivity contribution in [3.8, 4) is 0 Å². The molecule has 0 saturated carbocycles. The number of nitrogens with one attached hydrogen (secondary N) is 2. The van der Waals surface area contributed by atoms with Crippen LogP contribution in [0.4, 0.5) is 0 Å². The molecule has 7 heteroatoms. The number of aryl methyl sites for hydroxylation is 1. The number of guanidine groups is 1. The summed E-state index contributed by atoms with van der Waals surface area (Å²) in [7, 11) is 1.96. The van der Waals surface area contributed by atoms with Crippen LogP contribution in [0.5, 0.6) is 0 Å². The van der Waals surface area contributed by atoms with Crippen molar-refractivity contribution < 1.29 is 0 Å². The molecule has 24 heavy (non-hydrogen) atoms. The lowest BCUT2D eigenvalue weighted by Gasteiger charge is -2.12. The van der Waals surface area contributed by atoms with E-state index in [2.05, 4.69) is 32.7 Å². The first-order chi connectivity index (χ1) is 11.6. The molecule has 0 saturated heterocycles. The molecule has 2 aromatic rings. The zero-order chi connectivity index (χ0) is 17.4. The SMILES string of the molecule is CCCCNC(=NCc1ccccc1Cl)NCc1nnc(C)n1C. The number of aliphatic imine (C=N–C) groups is 1. The van der Waals surface area contributed by atoms with E-state index in [0.717, 1.165) is 47.6 Å². The normalized spacial score (nSPS) is 11.6. The molecule has 130 valence electrons. The van der Waals surface area contributed by atoms with E-state index in [-0.39, 0.29) is 0 Å². The number of hydrogen-bond acceptors (Lipinski definition) is 3. The van der Waals surface area contributed by atoms with Crippen LogP contribution in [-0.2, 0) is 20.1 Å². The Labute approximate surface area is 148 Å². The predicted octanol–water partition coefficient (Wildman–Crippen LogP) is 2.81. The maximum atomic E-state index is 6.20. The van der Waals surface area contributed by atoms with Gasteiger partial charge < -0.3 is 15.2 Å². The molecule has 2 rings (SSSR count). The molecule has 0 amide bonds. The number of halogens is 1. The molecular weight excluding hydrogens is 324 g/mol. The molecule has 1 aromatic heterocycles. The molecule has 0 aliphatic heterocycles. The average Bonchev–Trinajstić information content (AvgIpc) is 2.90. The van der Waals surface area contributed by atoms with Crippen LogP contribution in [0.25, 0.3) is 0 Å².